The number of carbonyl (C=O) groups is 2. The number of carbonyl (C=O) groups excluding carboxylic acids is 1. The van der Waals surface area contributed by atoms with Crippen molar-refractivity contribution in [3.8, 4) is 11.3 Å². The van der Waals surface area contributed by atoms with Gasteiger partial charge in [0.15, 0.2) is 0 Å². The van der Waals surface area contributed by atoms with Crippen molar-refractivity contribution in [1.82, 2.24) is 14.9 Å². The first-order valence-corrected chi connectivity index (χ1v) is 12.5. The van der Waals surface area contributed by atoms with Gasteiger partial charge in [-0.3, -0.25) is 4.79 Å². The molecule has 2 aromatic rings. The van der Waals surface area contributed by atoms with Gasteiger partial charge in [0.05, 0.1) is 25.5 Å². The van der Waals surface area contributed by atoms with Crippen LogP contribution in [-0.2, 0) is 9.53 Å². The average molecular weight is 555 g/mol. The maximum atomic E-state index is 12.7. The minimum Gasteiger partial charge on any atom is -0.483 e. The summed E-state index contributed by atoms with van der Waals surface area (Å²) in [5.74, 6) is 0.531. The fraction of sp³-hybridized carbons (Fsp3) is 0.520. The van der Waals surface area contributed by atoms with Crippen molar-refractivity contribution in [3.05, 3.63) is 29.8 Å². The molecule has 14 heteroatoms. The van der Waals surface area contributed by atoms with Crippen LogP contribution in [0.1, 0.15) is 18.4 Å². The largest absolute Gasteiger partial charge is 0.483 e. The van der Waals surface area contributed by atoms with Gasteiger partial charge in [0.2, 0.25) is 5.95 Å². The van der Waals surface area contributed by atoms with E-state index in [9.17, 15) is 23.1 Å². The minimum atomic E-state index is -4.23. The Kier molecular flexibility index (Phi) is 10.7. The number of hydrogen-bond donors (Lipinski definition) is 4. The van der Waals surface area contributed by atoms with Crippen LogP contribution >= 0.6 is 0 Å². The number of benzene rings is 1. The number of anilines is 3. The third-order valence-corrected chi connectivity index (χ3v) is 6.30. The first-order valence-electron chi connectivity index (χ1n) is 12.5. The lowest BCUT2D eigenvalue weighted by atomic mass is 10.0. The summed E-state index contributed by atoms with van der Waals surface area (Å²) in [4.78, 5) is 33.8. The number of nitrogens with one attached hydrogen (secondary N) is 2. The predicted molar refractivity (Wildman–Crippen MR) is 139 cm³/mol. The summed E-state index contributed by atoms with van der Waals surface area (Å²) in [6.45, 7) is 4.86. The molecule has 0 unspecified atom stereocenters. The molecule has 0 bridgehead atoms. The lowest BCUT2D eigenvalue weighted by Crippen LogP contribution is -2.37. The average Bonchev–Trinajstić information content (AvgIpc) is 3.36. The van der Waals surface area contributed by atoms with E-state index in [2.05, 4.69) is 25.5 Å². The number of rotatable bonds is 7. The Bertz CT molecular complexity index is 1110. The smallest absolute Gasteiger partial charge is 0.389 e. The van der Waals surface area contributed by atoms with Gasteiger partial charge in [0, 0.05) is 56.5 Å². The highest BCUT2D eigenvalue weighted by atomic mass is 19.4. The highest BCUT2D eigenvalue weighted by Gasteiger charge is 2.36. The maximum Gasteiger partial charge on any atom is 0.389 e. The number of hydrogen-bond acceptors (Lipinski definition) is 8. The Morgan fingerprint density at radius 1 is 1.21 bits per heavy atom. The molecule has 2 saturated heterocycles. The number of morpholine rings is 1. The topological polar surface area (TPSA) is 140 Å². The Morgan fingerprint density at radius 3 is 2.59 bits per heavy atom. The van der Waals surface area contributed by atoms with E-state index in [0.29, 0.717) is 63.1 Å². The Hall–Kier alpha value is -3.65. The van der Waals surface area contributed by atoms with Crippen molar-refractivity contribution in [3.63, 3.8) is 0 Å². The molecule has 2 amide bonds. The van der Waals surface area contributed by atoms with Crippen molar-refractivity contribution in [2.45, 2.75) is 25.9 Å². The van der Waals surface area contributed by atoms with Crippen molar-refractivity contribution in [2.75, 3.05) is 68.1 Å². The minimum absolute atomic E-state index is 0.0681. The maximum absolute atomic E-state index is 12.7. The zero-order valence-electron chi connectivity index (χ0n) is 21.6. The Balaban J connectivity index is 0.00000134. The van der Waals surface area contributed by atoms with Crippen LogP contribution in [0.25, 0.3) is 11.3 Å². The summed E-state index contributed by atoms with van der Waals surface area (Å²) in [7, 11) is 0. The highest BCUT2D eigenvalue weighted by Crippen LogP contribution is 2.32. The number of carboxylic acid groups (broad SMARTS) is 1. The normalized spacial score (nSPS) is 17.3. The molecule has 0 saturated carbocycles. The number of nitrogens with zero attached hydrogens (tertiary/aromatic N) is 4. The van der Waals surface area contributed by atoms with Gasteiger partial charge < -0.3 is 35.4 Å². The van der Waals surface area contributed by atoms with E-state index in [1.54, 1.807) is 12.1 Å². The van der Waals surface area contributed by atoms with Gasteiger partial charge in [0.25, 0.3) is 6.47 Å². The van der Waals surface area contributed by atoms with Gasteiger partial charge in [-0.2, -0.15) is 18.2 Å². The number of aryl methyl sites for hydroxylation is 1. The van der Waals surface area contributed by atoms with Gasteiger partial charge in [-0.1, -0.05) is 6.07 Å². The molecule has 1 atom stereocenters. The molecule has 0 aliphatic carbocycles. The fourth-order valence-electron chi connectivity index (χ4n) is 4.46. The molecule has 1 aromatic carbocycles. The lowest BCUT2D eigenvalue weighted by molar-refractivity contribution is -0.143. The monoisotopic (exact) mass is 554 g/mol. The molecule has 3 heterocycles. The quantitative estimate of drug-likeness (QED) is 0.380. The van der Waals surface area contributed by atoms with Crippen LogP contribution in [0.2, 0.25) is 0 Å². The number of aromatic nitrogens is 2. The van der Waals surface area contributed by atoms with Crippen LogP contribution in [-0.4, -0.2) is 96.3 Å². The van der Waals surface area contributed by atoms with Gasteiger partial charge in [-0.25, -0.2) is 9.78 Å². The van der Waals surface area contributed by atoms with Crippen LogP contribution in [0.3, 0.4) is 0 Å². The van der Waals surface area contributed by atoms with Crippen LogP contribution in [0.5, 0.6) is 0 Å². The van der Waals surface area contributed by atoms with Gasteiger partial charge in [-0.15, -0.1) is 0 Å². The molecular formula is C25H33F3N6O5. The first kappa shape index (κ1) is 29.9. The molecule has 2 aliphatic heterocycles. The SMILES string of the molecule is Cc1ccc(NC(=O)N2CC[C@@H](CC(F)(F)F)C2)cc1-c1cc(N2CCOCC2)nc(NCCO)n1.O=CO. The molecular weight excluding hydrogens is 521 g/mol. The second-order valence-electron chi connectivity index (χ2n) is 9.17. The number of ether oxygens (including phenoxy) is 1. The molecule has 1 aromatic heterocycles. The summed E-state index contributed by atoms with van der Waals surface area (Å²) in [5.41, 5.74) is 2.88. The van der Waals surface area contributed by atoms with E-state index in [1.165, 1.54) is 4.90 Å². The number of halogens is 3. The molecule has 0 radical (unpaired) electrons. The number of urea groups is 1. The summed E-state index contributed by atoms with van der Waals surface area (Å²) < 4.78 is 43.6. The molecule has 214 valence electrons. The molecule has 39 heavy (non-hydrogen) atoms. The van der Waals surface area contributed by atoms with Crippen molar-refractivity contribution in [1.29, 1.82) is 0 Å². The van der Waals surface area contributed by atoms with Crippen molar-refractivity contribution < 1.29 is 37.7 Å². The molecule has 11 nitrogen and oxygen atoms in total. The number of aliphatic hydroxyl groups is 1. The molecule has 0 spiro atoms. The number of amides is 2. The van der Waals surface area contributed by atoms with E-state index >= 15 is 0 Å². The van der Waals surface area contributed by atoms with Crippen LogP contribution in [0, 0.1) is 12.8 Å². The van der Waals surface area contributed by atoms with Crippen LogP contribution in [0.15, 0.2) is 24.3 Å². The zero-order chi connectivity index (χ0) is 28.4. The fourth-order valence-corrected chi connectivity index (χ4v) is 4.46. The Morgan fingerprint density at radius 2 is 1.92 bits per heavy atom. The van der Waals surface area contributed by atoms with E-state index in [0.717, 1.165) is 16.9 Å². The van der Waals surface area contributed by atoms with Crippen molar-refractivity contribution >= 4 is 30.0 Å². The van der Waals surface area contributed by atoms with Crippen molar-refractivity contribution in [2.24, 2.45) is 5.92 Å². The predicted octanol–water partition coefficient (Wildman–Crippen LogP) is 3.20. The first-order chi connectivity index (χ1) is 18.6. The van der Waals surface area contributed by atoms with E-state index in [4.69, 9.17) is 14.6 Å². The lowest BCUT2D eigenvalue weighted by Gasteiger charge is -2.28. The van der Waals surface area contributed by atoms with E-state index in [1.807, 2.05) is 19.1 Å². The zero-order valence-corrected chi connectivity index (χ0v) is 21.6. The highest BCUT2D eigenvalue weighted by molar-refractivity contribution is 5.90. The van der Waals surface area contributed by atoms with Gasteiger partial charge in [0.1, 0.15) is 5.82 Å². The molecule has 2 aliphatic rings. The molecule has 4 N–H and O–H groups in total. The van der Waals surface area contributed by atoms with E-state index < -0.39 is 24.5 Å². The third kappa shape index (κ3) is 8.96. The summed E-state index contributed by atoms with van der Waals surface area (Å²) >= 11 is 0. The van der Waals surface area contributed by atoms with Gasteiger partial charge in [-0.05, 0) is 37.0 Å². The van der Waals surface area contributed by atoms with Crippen LogP contribution in [0.4, 0.5) is 35.4 Å². The standard InChI is InChI=1S/C24H31F3N6O3.CH2O2/c1-16-2-3-18(29-23(35)33-6-4-17(15-33)14-24(25,26)27)12-19(16)20-13-21(32-7-10-36-11-8-32)31-22(30-20)28-5-9-34;2-1-3/h2-3,12-13,17,34H,4-11,14-15H2,1H3,(H,29,35)(H,28,30,31);1H,(H,2,3)/t17-;/m0./s1. The summed E-state index contributed by atoms with van der Waals surface area (Å²) in [6, 6.07) is 6.88. The number of aliphatic hydroxyl groups excluding tert-OH is 1. The summed E-state index contributed by atoms with van der Waals surface area (Å²) in [5, 5.41) is 21.9. The second kappa shape index (κ2) is 13.9. The summed E-state index contributed by atoms with van der Waals surface area (Å²) in [6.07, 6.45) is -4.77. The second-order valence-corrected chi connectivity index (χ2v) is 9.17. The third-order valence-electron chi connectivity index (χ3n) is 6.30. The number of alkyl halides is 3. The Labute approximate surface area is 224 Å². The van der Waals surface area contributed by atoms with Gasteiger partial charge >= 0.3 is 12.2 Å². The molecule has 4 rings (SSSR count). The number of likely N-dealkylation sites (tertiary alicyclic amines) is 1. The van der Waals surface area contributed by atoms with Crippen LogP contribution < -0.4 is 15.5 Å². The van der Waals surface area contributed by atoms with E-state index in [-0.39, 0.29) is 19.6 Å². The molecule has 2 fully saturated rings.